The van der Waals surface area contributed by atoms with E-state index in [1.54, 1.807) is 23.3 Å². The molecule has 0 saturated carbocycles. The molecule has 0 amide bonds. The molecule has 16 heavy (non-hydrogen) atoms. The predicted octanol–water partition coefficient (Wildman–Crippen LogP) is 2.12. The quantitative estimate of drug-likeness (QED) is 0.935. The van der Waals surface area contributed by atoms with E-state index in [1.165, 1.54) is 0 Å². The van der Waals surface area contributed by atoms with Crippen molar-refractivity contribution in [3.8, 4) is 6.01 Å². The van der Waals surface area contributed by atoms with E-state index in [0.717, 1.165) is 10.2 Å². The highest BCUT2D eigenvalue weighted by molar-refractivity contribution is 9.10. The van der Waals surface area contributed by atoms with Crippen molar-refractivity contribution in [3.05, 3.63) is 28.8 Å². The van der Waals surface area contributed by atoms with Crippen LogP contribution in [0.4, 0.5) is 0 Å². The molecule has 0 radical (unpaired) electrons. The SMILES string of the molecule is CC(C)NCc1coc(-n2cc(Br)cn2)n1. The molecule has 0 fully saturated rings. The van der Waals surface area contributed by atoms with Gasteiger partial charge in [0.05, 0.1) is 16.4 Å². The fourth-order valence-corrected chi connectivity index (χ4v) is 1.48. The maximum absolute atomic E-state index is 5.32. The predicted molar refractivity (Wildman–Crippen MR) is 63.3 cm³/mol. The Bertz CT molecular complexity index is 463. The molecule has 2 heterocycles. The summed E-state index contributed by atoms with van der Waals surface area (Å²) in [7, 11) is 0. The van der Waals surface area contributed by atoms with Gasteiger partial charge in [0.15, 0.2) is 0 Å². The minimum absolute atomic E-state index is 0.430. The van der Waals surface area contributed by atoms with Crippen molar-refractivity contribution in [2.75, 3.05) is 0 Å². The Morgan fingerprint density at radius 3 is 3.00 bits per heavy atom. The summed E-state index contributed by atoms with van der Waals surface area (Å²) in [6.07, 6.45) is 5.13. The van der Waals surface area contributed by atoms with E-state index >= 15 is 0 Å². The van der Waals surface area contributed by atoms with E-state index in [4.69, 9.17) is 4.42 Å². The molecular formula is C10H13BrN4O. The number of nitrogens with one attached hydrogen (secondary N) is 1. The van der Waals surface area contributed by atoms with E-state index in [-0.39, 0.29) is 0 Å². The fourth-order valence-electron chi connectivity index (χ4n) is 1.20. The van der Waals surface area contributed by atoms with Gasteiger partial charge in [-0.2, -0.15) is 14.8 Å². The maximum Gasteiger partial charge on any atom is 0.322 e. The van der Waals surface area contributed by atoms with Gasteiger partial charge >= 0.3 is 6.01 Å². The molecule has 2 aromatic heterocycles. The van der Waals surface area contributed by atoms with Gasteiger partial charge in [0.1, 0.15) is 6.26 Å². The van der Waals surface area contributed by atoms with E-state index in [0.29, 0.717) is 18.6 Å². The van der Waals surface area contributed by atoms with Crippen molar-refractivity contribution in [2.24, 2.45) is 0 Å². The number of hydrogen-bond donors (Lipinski definition) is 1. The molecule has 0 atom stereocenters. The molecule has 0 unspecified atom stereocenters. The zero-order valence-electron chi connectivity index (χ0n) is 9.14. The first kappa shape index (κ1) is 11.3. The first-order chi connectivity index (χ1) is 7.65. The van der Waals surface area contributed by atoms with Gasteiger partial charge in [0.25, 0.3) is 0 Å². The molecule has 0 aromatic carbocycles. The summed E-state index contributed by atoms with van der Waals surface area (Å²) in [5, 5.41) is 7.36. The number of aromatic nitrogens is 3. The Morgan fingerprint density at radius 2 is 2.38 bits per heavy atom. The van der Waals surface area contributed by atoms with Crippen LogP contribution in [0.15, 0.2) is 27.5 Å². The Balaban J connectivity index is 2.07. The molecular weight excluding hydrogens is 272 g/mol. The van der Waals surface area contributed by atoms with Crippen LogP contribution in [0.3, 0.4) is 0 Å². The molecule has 0 saturated heterocycles. The summed E-state index contributed by atoms with van der Waals surface area (Å²) in [5.41, 5.74) is 0.871. The largest absolute Gasteiger partial charge is 0.430 e. The van der Waals surface area contributed by atoms with E-state index in [9.17, 15) is 0 Å². The Morgan fingerprint density at radius 1 is 1.56 bits per heavy atom. The molecule has 0 spiro atoms. The summed E-state index contributed by atoms with van der Waals surface area (Å²) in [6.45, 7) is 4.88. The first-order valence-corrected chi connectivity index (χ1v) is 5.83. The number of halogens is 1. The molecule has 0 aliphatic rings. The van der Waals surface area contributed by atoms with Gasteiger partial charge < -0.3 is 9.73 Å². The molecule has 2 aromatic rings. The summed E-state index contributed by atoms with van der Waals surface area (Å²) in [6, 6.07) is 0.908. The Labute approximate surface area is 102 Å². The fraction of sp³-hybridized carbons (Fsp3) is 0.400. The lowest BCUT2D eigenvalue weighted by atomic mass is 10.4. The zero-order chi connectivity index (χ0) is 11.5. The molecule has 6 heteroatoms. The number of hydrogen-bond acceptors (Lipinski definition) is 4. The van der Waals surface area contributed by atoms with E-state index in [2.05, 4.69) is 45.2 Å². The van der Waals surface area contributed by atoms with Gasteiger partial charge in [-0.15, -0.1) is 0 Å². The summed E-state index contributed by atoms with van der Waals surface area (Å²) < 4.78 is 7.81. The van der Waals surface area contributed by atoms with Crippen molar-refractivity contribution >= 4 is 15.9 Å². The van der Waals surface area contributed by atoms with Crippen LogP contribution in [0.25, 0.3) is 6.01 Å². The monoisotopic (exact) mass is 284 g/mol. The van der Waals surface area contributed by atoms with Gasteiger partial charge in [0.2, 0.25) is 0 Å². The summed E-state index contributed by atoms with van der Waals surface area (Å²) in [4.78, 5) is 4.32. The summed E-state index contributed by atoms with van der Waals surface area (Å²) in [5.74, 6) is 0. The molecule has 0 aliphatic carbocycles. The lowest BCUT2D eigenvalue weighted by molar-refractivity contribution is 0.508. The van der Waals surface area contributed by atoms with E-state index in [1.807, 2.05) is 0 Å². The van der Waals surface area contributed by atoms with Crippen LogP contribution in [-0.4, -0.2) is 20.8 Å². The first-order valence-electron chi connectivity index (χ1n) is 5.03. The van der Waals surface area contributed by atoms with Crippen LogP contribution >= 0.6 is 15.9 Å². The maximum atomic E-state index is 5.32. The second kappa shape index (κ2) is 4.80. The smallest absolute Gasteiger partial charge is 0.322 e. The number of rotatable bonds is 4. The molecule has 0 aliphatic heterocycles. The van der Waals surface area contributed by atoms with Crippen LogP contribution in [0.5, 0.6) is 0 Å². The van der Waals surface area contributed by atoms with Crippen LogP contribution in [-0.2, 0) is 6.54 Å². The van der Waals surface area contributed by atoms with Gasteiger partial charge in [-0.1, -0.05) is 13.8 Å². The number of oxazole rings is 1. The van der Waals surface area contributed by atoms with Gasteiger partial charge in [-0.05, 0) is 15.9 Å². The second-order valence-corrected chi connectivity index (χ2v) is 4.68. The van der Waals surface area contributed by atoms with Crippen molar-refractivity contribution in [3.63, 3.8) is 0 Å². The highest BCUT2D eigenvalue weighted by atomic mass is 79.9. The minimum atomic E-state index is 0.430. The average Bonchev–Trinajstić information content (AvgIpc) is 2.83. The van der Waals surface area contributed by atoms with Crippen LogP contribution in [0.2, 0.25) is 0 Å². The van der Waals surface area contributed by atoms with E-state index < -0.39 is 0 Å². The van der Waals surface area contributed by atoms with Crippen molar-refractivity contribution in [2.45, 2.75) is 26.4 Å². The molecule has 5 nitrogen and oxygen atoms in total. The normalized spacial score (nSPS) is 11.2. The topological polar surface area (TPSA) is 55.9 Å². The zero-order valence-corrected chi connectivity index (χ0v) is 10.7. The Kier molecular flexibility index (Phi) is 3.40. The highest BCUT2D eigenvalue weighted by Crippen LogP contribution is 2.12. The van der Waals surface area contributed by atoms with Gasteiger partial charge in [-0.25, -0.2) is 0 Å². The molecule has 86 valence electrons. The third-order valence-corrected chi connectivity index (χ3v) is 2.39. The van der Waals surface area contributed by atoms with Crippen molar-refractivity contribution in [1.29, 1.82) is 0 Å². The lowest BCUT2D eigenvalue weighted by Gasteiger charge is -2.03. The van der Waals surface area contributed by atoms with Crippen LogP contribution in [0, 0.1) is 0 Å². The third kappa shape index (κ3) is 2.70. The average molecular weight is 285 g/mol. The molecule has 0 bridgehead atoms. The van der Waals surface area contributed by atoms with Crippen molar-refractivity contribution in [1.82, 2.24) is 20.1 Å². The highest BCUT2D eigenvalue weighted by Gasteiger charge is 2.07. The molecule has 1 N–H and O–H groups in total. The third-order valence-electron chi connectivity index (χ3n) is 1.98. The lowest BCUT2D eigenvalue weighted by Crippen LogP contribution is -2.21. The van der Waals surface area contributed by atoms with Gasteiger partial charge in [0, 0.05) is 18.8 Å². The standard InChI is InChI=1S/C10H13BrN4O/c1-7(2)12-4-9-6-16-10(14-9)15-5-8(11)3-13-15/h3,5-7,12H,4H2,1-2H3. The minimum Gasteiger partial charge on any atom is -0.430 e. The van der Waals surface area contributed by atoms with Crippen LogP contribution < -0.4 is 5.32 Å². The van der Waals surface area contributed by atoms with Crippen molar-refractivity contribution < 1.29 is 4.42 Å². The van der Waals surface area contributed by atoms with Gasteiger partial charge in [-0.3, -0.25) is 0 Å². The number of nitrogens with zero attached hydrogens (tertiary/aromatic N) is 3. The Hall–Kier alpha value is -1.14. The second-order valence-electron chi connectivity index (χ2n) is 3.76. The molecule has 2 rings (SSSR count). The summed E-state index contributed by atoms with van der Waals surface area (Å²) >= 11 is 3.32. The van der Waals surface area contributed by atoms with Crippen LogP contribution in [0.1, 0.15) is 19.5 Å².